The van der Waals surface area contributed by atoms with Crippen LogP contribution in [0.3, 0.4) is 0 Å². The summed E-state index contributed by atoms with van der Waals surface area (Å²) in [5, 5.41) is 0. The second kappa shape index (κ2) is 4.45. The third-order valence-electron chi connectivity index (χ3n) is 3.27. The van der Waals surface area contributed by atoms with Gasteiger partial charge in [-0.1, -0.05) is 19.8 Å². The van der Waals surface area contributed by atoms with E-state index in [2.05, 4.69) is 19.1 Å². The van der Waals surface area contributed by atoms with Crippen LogP contribution in [-0.2, 0) is 6.42 Å². The molecule has 1 fully saturated rings. The quantitative estimate of drug-likeness (QED) is 0.810. The zero-order valence-electron chi connectivity index (χ0n) is 8.83. The van der Waals surface area contributed by atoms with Crippen LogP contribution in [0.2, 0.25) is 0 Å². The number of nitrogens with two attached hydrogens (primary N) is 1. The van der Waals surface area contributed by atoms with Gasteiger partial charge in [-0.2, -0.15) is 0 Å². The normalized spacial score (nSPS) is 20.1. The summed E-state index contributed by atoms with van der Waals surface area (Å²) in [5.74, 6) is 0.748. The highest BCUT2D eigenvalue weighted by atomic mass is 32.1. The van der Waals surface area contributed by atoms with Gasteiger partial charge in [0.1, 0.15) is 0 Å². The molecule has 0 aromatic carbocycles. The molecule has 1 nitrogen and oxygen atoms in total. The third-order valence-corrected chi connectivity index (χ3v) is 4.60. The van der Waals surface area contributed by atoms with Crippen LogP contribution >= 0.6 is 11.3 Å². The summed E-state index contributed by atoms with van der Waals surface area (Å²) in [5.41, 5.74) is 6.28. The molecular formula is C12H19NS. The predicted octanol–water partition coefficient (Wildman–Crippen LogP) is 3.50. The Labute approximate surface area is 90.3 Å². The van der Waals surface area contributed by atoms with E-state index in [9.17, 15) is 0 Å². The van der Waals surface area contributed by atoms with Gasteiger partial charge in [-0.15, -0.1) is 11.3 Å². The molecule has 2 rings (SSSR count). The van der Waals surface area contributed by atoms with E-state index in [4.69, 9.17) is 5.73 Å². The Morgan fingerprint density at radius 2 is 2.14 bits per heavy atom. The highest BCUT2D eigenvalue weighted by molar-refractivity contribution is 7.12. The molecule has 0 saturated heterocycles. The first-order valence-electron chi connectivity index (χ1n) is 5.65. The number of aryl methyl sites for hydroxylation is 1. The standard InChI is InChI=1S/C12H19NS/c1-2-10-7-8-11(14-10)12(13)9-5-3-4-6-9/h7-9,12H,2-6,13H2,1H3/t12-/m1/s1. The number of thiophene rings is 1. The van der Waals surface area contributed by atoms with Crippen molar-refractivity contribution in [1.29, 1.82) is 0 Å². The van der Waals surface area contributed by atoms with Gasteiger partial charge in [-0.05, 0) is 37.3 Å². The molecular weight excluding hydrogens is 190 g/mol. The van der Waals surface area contributed by atoms with Gasteiger partial charge in [0.15, 0.2) is 0 Å². The Kier molecular flexibility index (Phi) is 3.24. The minimum absolute atomic E-state index is 0.308. The molecule has 0 amide bonds. The maximum Gasteiger partial charge on any atom is 0.0418 e. The third kappa shape index (κ3) is 2.01. The van der Waals surface area contributed by atoms with Gasteiger partial charge in [-0.3, -0.25) is 0 Å². The molecule has 0 spiro atoms. The Morgan fingerprint density at radius 3 is 2.71 bits per heavy atom. The van der Waals surface area contributed by atoms with Crippen molar-refractivity contribution >= 4 is 11.3 Å². The van der Waals surface area contributed by atoms with E-state index in [1.165, 1.54) is 35.4 Å². The fourth-order valence-electron chi connectivity index (χ4n) is 2.31. The van der Waals surface area contributed by atoms with Gasteiger partial charge in [0.2, 0.25) is 0 Å². The molecule has 1 atom stereocenters. The average Bonchev–Trinajstić information content (AvgIpc) is 2.88. The second-order valence-electron chi connectivity index (χ2n) is 4.23. The van der Waals surface area contributed by atoms with Crippen LogP contribution in [0.25, 0.3) is 0 Å². The van der Waals surface area contributed by atoms with Crippen molar-refractivity contribution in [1.82, 2.24) is 0 Å². The molecule has 2 N–H and O–H groups in total. The Bertz CT molecular complexity index is 286. The molecule has 1 aliphatic rings. The summed E-state index contributed by atoms with van der Waals surface area (Å²) >= 11 is 1.90. The number of hydrogen-bond donors (Lipinski definition) is 1. The molecule has 2 heteroatoms. The van der Waals surface area contributed by atoms with Crippen molar-refractivity contribution in [3.05, 3.63) is 21.9 Å². The first-order valence-corrected chi connectivity index (χ1v) is 6.47. The molecule has 78 valence electrons. The van der Waals surface area contributed by atoms with Gasteiger partial charge >= 0.3 is 0 Å². The average molecular weight is 209 g/mol. The van der Waals surface area contributed by atoms with Crippen LogP contribution in [0.5, 0.6) is 0 Å². The van der Waals surface area contributed by atoms with Crippen LogP contribution in [0.15, 0.2) is 12.1 Å². The van der Waals surface area contributed by atoms with E-state index in [0.717, 1.165) is 12.3 Å². The van der Waals surface area contributed by atoms with Crippen molar-refractivity contribution in [3.8, 4) is 0 Å². The zero-order valence-corrected chi connectivity index (χ0v) is 9.65. The van der Waals surface area contributed by atoms with E-state index in [0.29, 0.717) is 6.04 Å². The first kappa shape index (κ1) is 10.2. The molecule has 1 aliphatic carbocycles. The molecule has 1 aromatic rings. The lowest BCUT2D eigenvalue weighted by Crippen LogP contribution is -2.17. The van der Waals surface area contributed by atoms with Gasteiger partial charge < -0.3 is 5.73 Å². The van der Waals surface area contributed by atoms with E-state index in [1.54, 1.807) is 0 Å². The highest BCUT2D eigenvalue weighted by Gasteiger charge is 2.23. The second-order valence-corrected chi connectivity index (χ2v) is 5.43. The van der Waals surface area contributed by atoms with Crippen LogP contribution in [0.4, 0.5) is 0 Å². The van der Waals surface area contributed by atoms with Crippen molar-refractivity contribution in [2.24, 2.45) is 11.7 Å². The van der Waals surface area contributed by atoms with Crippen molar-refractivity contribution in [2.75, 3.05) is 0 Å². The van der Waals surface area contributed by atoms with E-state index >= 15 is 0 Å². The van der Waals surface area contributed by atoms with Crippen LogP contribution in [-0.4, -0.2) is 0 Å². The van der Waals surface area contributed by atoms with Crippen molar-refractivity contribution in [2.45, 2.75) is 45.1 Å². The van der Waals surface area contributed by atoms with Crippen LogP contribution < -0.4 is 5.73 Å². The molecule has 14 heavy (non-hydrogen) atoms. The van der Waals surface area contributed by atoms with Crippen LogP contribution in [0.1, 0.15) is 48.4 Å². The fourth-order valence-corrected chi connectivity index (χ4v) is 3.36. The Balaban J connectivity index is 2.05. The Hall–Kier alpha value is -0.340. The lowest BCUT2D eigenvalue weighted by Gasteiger charge is -2.16. The van der Waals surface area contributed by atoms with E-state index < -0.39 is 0 Å². The van der Waals surface area contributed by atoms with Gasteiger partial charge in [0.25, 0.3) is 0 Å². The van der Waals surface area contributed by atoms with Gasteiger partial charge in [0.05, 0.1) is 0 Å². The largest absolute Gasteiger partial charge is 0.323 e. The molecule has 0 aliphatic heterocycles. The molecule has 1 saturated carbocycles. The van der Waals surface area contributed by atoms with E-state index in [-0.39, 0.29) is 0 Å². The summed E-state index contributed by atoms with van der Waals surface area (Å²) in [6, 6.07) is 4.77. The van der Waals surface area contributed by atoms with Crippen LogP contribution in [0, 0.1) is 5.92 Å². The summed E-state index contributed by atoms with van der Waals surface area (Å²) in [4.78, 5) is 2.86. The fraction of sp³-hybridized carbons (Fsp3) is 0.667. The minimum atomic E-state index is 0.308. The molecule has 1 aromatic heterocycles. The molecule has 0 radical (unpaired) electrons. The predicted molar refractivity (Wildman–Crippen MR) is 62.6 cm³/mol. The highest BCUT2D eigenvalue weighted by Crippen LogP contribution is 2.36. The van der Waals surface area contributed by atoms with Crippen molar-refractivity contribution < 1.29 is 0 Å². The molecule has 1 heterocycles. The minimum Gasteiger partial charge on any atom is -0.323 e. The van der Waals surface area contributed by atoms with E-state index in [1.807, 2.05) is 11.3 Å². The number of rotatable bonds is 3. The van der Waals surface area contributed by atoms with Crippen molar-refractivity contribution in [3.63, 3.8) is 0 Å². The first-order chi connectivity index (χ1) is 6.81. The topological polar surface area (TPSA) is 26.0 Å². The van der Waals surface area contributed by atoms with Gasteiger partial charge in [0, 0.05) is 15.8 Å². The maximum atomic E-state index is 6.28. The Morgan fingerprint density at radius 1 is 1.43 bits per heavy atom. The summed E-state index contributed by atoms with van der Waals surface area (Å²) in [6.07, 6.45) is 6.57. The zero-order chi connectivity index (χ0) is 9.97. The molecule has 0 unspecified atom stereocenters. The number of hydrogen-bond acceptors (Lipinski definition) is 2. The maximum absolute atomic E-state index is 6.28. The molecule has 0 bridgehead atoms. The SMILES string of the molecule is CCc1ccc([C@H](N)C2CCCC2)s1. The lowest BCUT2D eigenvalue weighted by atomic mass is 9.98. The van der Waals surface area contributed by atoms with Gasteiger partial charge in [-0.25, -0.2) is 0 Å². The summed E-state index contributed by atoms with van der Waals surface area (Å²) in [6.45, 7) is 2.21. The monoisotopic (exact) mass is 209 g/mol. The smallest absolute Gasteiger partial charge is 0.0418 e. The lowest BCUT2D eigenvalue weighted by molar-refractivity contribution is 0.450. The summed E-state index contributed by atoms with van der Waals surface area (Å²) in [7, 11) is 0. The summed E-state index contributed by atoms with van der Waals surface area (Å²) < 4.78 is 0.